The van der Waals surface area contributed by atoms with E-state index in [4.69, 9.17) is 4.74 Å². The molecule has 3 aromatic rings. The van der Waals surface area contributed by atoms with Gasteiger partial charge in [-0.15, -0.1) is 0 Å². The lowest BCUT2D eigenvalue weighted by Gasteiger charge is -2.23. The van der Waals surface area contributed by atoms with Crippen molar-refractivity contribution in [2.45, 2.75) is 43.7 Å². The second-order valence-corrected chi connectivity index (χ2v) is 9.32. The summed E-state index contributed by atoms with van der Waals surface area (Å²) in [4.78, 5) is 12.7. The third-order valence-electron chi connectivity index (χ3n) is 5.62. The minimum Gasteiger partial charge on any atom is -0.488 e. The van der Waals surface area contributed by atoms with Crippen LogP contribution in [-0.4, -0.2) is 28.0 Å². The number of aryl methyl sites for hydroxylation is 1. The summed E-state index contributed by atoms with van der Waals surface area (Å²) in [5, 5.41) is 9.49. The van der Waals surface area contributed by atoms with E-state index in [0.717, 1.165) is 33.9 Å². The largest absolute Gasteiger partial charge is 0.488 e. The Balaban J connectivity index is 1.64. The third kappa shape index (κ3) is 5.31. The highest BCUT2D eigenvalue weighted by Gasteiger charge is 2.23. The van der Waals surface area contributed by atoms with Gasteiger partial charge in [-0.05, 0) is 72.3 Å². The fourth-order valence-electron chi connectivity index (χ4n) is 4.03. The number of rotatable bonds is 6. The average molecular weight is 452 g/mol. The Kier molecular flexibility index (Phi) is 6.82. The molecule has 0 fully saturated rings. The highest BCUT2D eigenvalue weighted by Crippen LogP contribution is 2.37. The molecular weight excluding hydrogens is 425 g/mol. The van der Waals surface area contributed by atoms with E-state index in [0.29, 0.717) is 12.1 Å². The molecule has 1 aliphatic heterocycles. The van der Waals surface area contributed by atoms with Gasteiger partial charge in [0.2, 0.25) is 0 Å². The summed E-state index contributed by atoms with van der Waals surface area (Å²) in [6, 6.07) is 20.3. The fraction of sp³-hybridized carbons (Fsp3) is 0.269. The molecule has 3 aromatic carbocycles. The van der Waals surface area contributed by atoms with Crippen molar-refractivity contribution in [1.29, 1.82) is 0 Å². The molecule has 0 aliphatic carbocycles. The minimum atomic E-state index is -0.910. The van der Waals surface area contributed by atoms with Gasteiger partial charge in [0.15, 0.2) is 0 Å². The van der Waals surface area contributed by atoms with Gasteiger partial charge in [-0.3, -0.25) is 4.79 Å². The molecule has 0 radical (unpaired) electrons. The van der Waals surface area contributed by atoms with Gasteiger partial charge in [0.05, 0.1) is 11.3 Å². The van der Waals surface area contributed by atoms with E-state index in [-0.39, 0.29) is 18.3 Å². The smallest absolute Gasteiger partial charge is 0.304 e. The summed E-state index contributed by atoms with van der Waals surface area (Å²) in [6.07, 6.45) is -0.0513. The van der Waals surface area contributed by atoms with Crippen LogP contribution in [-0.2, 0) is 11.3 Å². The quantitative estimate of drug-likeness (QED) is 0.464. The van der Waals surface area contributed by atoms with Gasteiger partial charge in [0.1, 0.15) is 17.7 Å². The highest BCUT2D eigenvalue weighted by molar-refractivity contribution is 7.97. The Morgan fingerprint density at radius 1 is 1.16 bits per heavy atom. The van der Waals surface area contributed by atoms with E-state index in [1.807, 2.05) is 30.3 Å². The number of nitrogens with zero attached hydrogens (tertiary/aromatic N) is 1. The number of carbonyl (C=O) groups is 1. The Bertz CT molecular complexity index is 1120. The molecule has 166 valence electrons. The molecule has 0 saturated heterocycles. The van der Waals surface area contributed by atoms with E-state index in [1.54, 1.807) is 24.1 Å². The van der Waals surface area contributed by atoms with Crippen LogP contribution in [0.15, 0.2) is 71.6 Å². The van der Waals surface area contributed by atoms with Crippen molar-refractivity contribution in [2.24, 2.45) is 0 Å². The predicted octanol–water partition coefficient (Wildman–Crippen LogP) is 6.03. The lowest BCUT2D eigenvalue weighted by Crippen LogP contribution is -2.27. The van der Waals surface area contributed by atoms with Crippen LogP contribution in [0.25, 0.3) is 0 Å². The number of ether oxygens (including phenoxy) is 1. The summed E-state index contributed by atoms with van der Waals surface area (Å²) >= 11 is 1.67. The molecule has 6 heteroatoms. The Morgan fingerprint density at radius 2 is 1.94 bits per heavy atom. The van der Waals surface area contributed by atoms with Gasteiger partial charge in [0.25, 0.3) is 0 Å². The zero-order chi connectivity index (χ0) is 22.7. The Morgan fingerprint density at radius 3 is 2.72 bits per heavy atom. The van der Waals surface area contributed by atoms with Crippen LogP contribution in [0.2, 0.25) is 0 Å². The van der Waals surface area contributed by atoms with Crippen LogP contribution < -0.4 is 4.74 Å². The Labute approximate surface area is 192 Å². The molecular formula is C26H26FNO3S. The molecule has 4 nitrogen and oxygen atoms in total. The second kappa shape index (κ2) is 9.76. The van der Waals surface area contributed by atoms with Crippen LogP contribution in [0.4, 0.5) is 4.39 Å². The number of benzene rings is 3. The van der Waals surface area contributed by atoms with Crippen LogP contribution >= 0.6 is 11.9 Å². The third-order valence-corrected chi connectivity index (χ3v) is 6.69. The molecule has 0 saturated carbocycles. The molecule has 1 N–H and O–H groups in total. The van der Waals surface area contributed by atoms with Crippen molar-refractivity contribution in [2.75, 3.05) is 6.54 Å². The van der Waals surface area contributed by atoms with Crippen molar-refractivity contribution >= 4 is 17.9 Å². The number of fused-ring (bicyclic) bond motifs is 1. The topological polar surface area (TPSA) is 49.8 Å². The zero-order valence-corrected chi connectivity index (χ0v) is 18.9. The molecule has 32 heavy (non-hydrogen) atoms. The van der Waals surface area contributed by atoms with E-state index in [9.17, 15) is 14.3 Å². The molecule has 4 rings (SSSR count). The first-order valence-corrected chi connectivity index (χ1v) is 11.4. The maximum absolute atomic E-state index is 13.9. The molecule has 0 bridgehead atoms. The zero-order valence-electron chi connectivity index (χ0n) is 18.1. The van der Waals surface area contributed by atoms with Crippen molar-refractivity contribution in [3.8, 4) is 5.75 Å². The number of carboxylic acid groups (broad SMARTS) is 1. The van der Waals surface area contributed by atoms with Gasteiger partial charge in [0, 0.05) is 19.0 Å². The maximum atomic E-state index is 13.9. The number of para-hydroxylation sites is 1. The van der Waals surface area contributed by atoms with Gasteiger partial charge in [-0.25, -0.2) is 8.70 Å². The molecule has 1 aliphatic rings. The van der Waals surface area contributed by atoms with Crippen molar-refractivity contribution in [3.63, 3.8) is 0 Å². The van der Waals surface area contributed by atoms with Crippen LogP contribution in [0.5, 0.6) is 5.75 Å². The molecule has 2 unspecified atom stereocenters. The SMILES string of the molecule is Cc1ccc(C(CC(=O)O)c2cccc(F)c2)cc1CN1CC(C)Oc2ccccc2S1. The minimum absolute atomic E-state index is 0.0432. The maximum Gasteiger partial charge on any atom is 0.304 e. The van der Waals surface area contributed by atoms with E-state index in [2.05, 4.69) is 30.3 Å². The lowest BCUT2D eigenvalue weighted by atomic mass is 9.87. The van der Waals surface area contributed by atoms with Gasteiger partial charge in [-0.2, -0.15) is 0 Å². The first kappa shape index (κ1) is 22.4. The van der Waals surface area contributed by atoms with Crippen LogP contribution in [0.3, 0.4) is 0 Å². The molecule has 0 amide bonds. The number of hydrogen-bond donors (Lipinski definition) is 1. The molecule has 2 atom stereocenters. The summed E-state index contributed by atoms with van der Waals surface area (Å²) in [7, 11) is 0. The van der Waals surface area contributed by atoms with Gasteiger partial charge in [-0.1, -0.05) is 42.5 Å². The van der Waals surface area contributed by atoms with Crippen LogP contribution in [0, 0.1) is 12.7 Å². The number of aliphatic carboxylic acids is 1. The van der Waals surface area contributed by atoms with Crippen molar-refractivity contribution < 1.29 is 19.0 Å². The first-order valence-electron chi connectivity index (χ1n) is 10.6. The average Bonchev–Trinajstić information content (AvgIpc) is 2.90. The number of carboxylic acids is 1. The van der Waals surface area contributed by atoms with Gasteiger partial charge >= 0.3 is 5.97 Å². The first-order chi connectivity index (χ1) is 15.4. The number of hydrogen-bond acceptors (Lipinski definition) is 4. The number of halogens is 1. The standard InChI is InChI=1S/C26H26FNO3S/c1-17-10-11-20(23(14-26(29)30)19-6-5-7-22(27)13-19)12-21(17)16-28-15-18(2)31-24-8-3-4-9-25(24)32-28/h3-13,18,23H,14-16H2,1-2H3,(H,29,30). The van der Waals surface area contributed by atoms with E-state index < -0.39 is 11.9 Å². The molecule has 0 spiro atoms. The summed E-state index contributed by atoms with van der Waals surface area (Å²) in [5.74, 6) is -0.793. The second-order valence-electron chi connectivity index (χ2n) is 8.18. The normalized spacial score (nSPS) is 17.2. The lowest BCUT2D eigenvalue weighted by molar-refractivity contribution is -0.137. The monoisotopic (exact) mass is 451 g/mol. The molecule has 0 aromatic heterocycles. The van der Waals surface area contributed by atoms with E-state index >= 15 is 0 Å². The fourth-order valence-corrected chi connectivity index (χ4v) is 5.14. The van der Waals surface area contributed by atoms with Gasteiger partial charge < -0.3 is 9.84 Å². The highest BCUT2D eigenvalue weighted by atomic mass is 32.2. The predicted molar refractivity (Wildman–Crippen MR) is 124 cm³/mol. The molecule has 1 heterocycles. The van der Waals surface area contributed by atoms with Crippen molar-refractivity contribution in [1.82, 2.24) is 4.31 Å². The Hall–Kier alpha value is -2.83. The van der Waals surface area contributed by atoms with Crippen molar-refractivity contribution in [3.05, 3.63) is 94.8 Å². The van der Waals surface area contributed by atoms with E-state index in [1.165, 1.54) is 12.1 Å². The van der Waals surface area contributed by atoms with Crippen LogP contribution in [0.1, 0.15) is 41.5 Å². The summed E-state index contributed by atoms with van der Waals surface area (Å²) < 4.78 is 22.2. The summed E-state index contributed by atoms with van der Waals surface area (Å²) in [6.45, 7) is 5.57. The summed E-state index contributed by atoms with van der Waals surface area (Å²) in [5.41, 5.74) is 3.80.